The van der Waals surface area contributed by atoms with Gasteiger partial charge in [0, 0.05) is 25.5 Å². The highest BCUT2D eigenvalue weighted by molar-refractivity contribution is 6.03. The van der Waals surface area contributed by atoms with E-state index in [-0.39, 0.29) is 18.9 Å². The first-order valence-corrected chi connectivity index (χ1v) is 14.2. The molecule has 1 aromatic carbocycles. The summed E-state index contributed by atoms with van der Waals surface area (Å²) in [7, 11) is 0. The highest BCUT2D eigenvalue weighted by atomic mass is 19.5. The van der Waals surface area contributed by atoms with Crippen LogP contribution in [0.2, 0.25) is 0 Å². The molecule has 22 heteroatoms. The van der Waals surface area contributed by atoms with Crippen molar-refractivity contribution in [2.75, 3.05) is 23.3 Å². The molecule has 1 aliphatic rings. The van der Waals surface area contributed by atoms with Gasteiger partial charge in [0.15, 0.2) is 11.5 Å². The maximum atomic E-state index is 12.3. The van der Waals surface area contributed by atoms with Crippen LogP contribution in [-0.2, 0) is 20.8 Å². The van der Waals surface area contributed by atoms with Crippen molar-refractivity contribution in [1.82, 2.24) is 19.6 Å². The maximum absolute atomic E-state index is 12.3. The van der Waals surface area contributed by atoms with Crippen molar-refractivity contribution in [3.05, 3.63) is 84.3 Å². The number of carbonyl (C=O) groups is 4. The van der Waals surface area contributed by atoms with Gasteiger partial charge in [-0.15, -0.1) is 5.10 Å². The highest BCUT2D eigenvalue weighted by Crippen LogP contribution is 2.36. The Morgan fingerprint density at radius 2 is 1.38 bits per heavy atom. The lowest BCUT2D eigenvalue weighted by molar-refractivity contribution is -0.339. The van der Waals surface area contributed by atoms with Gasteiger partial charge in [-0.1, -0.05) is 30.3 Å². The van der Waals surface area contributed by atoms with E-state index < -0.39 is 24.5 Å². The smallest absolute Gasteiger partial charge is 0.483 e. The summed E-state index contributed by atoms with van der Waals surface area (Å²) >= 11 is 0. The first kappa shape index (κ1) is 44.1. The topological polar surface area (TPSA) is 187 Å². The third-order valence-electron chi connectivity index (χ3n) is 6.34. The van der Waals surface area contributed by atoms with Crippen molar-refractivity contribution in [2.24, 2.45) is 5.92 Å². The molecule has 3 aromatic heterocycles. The number of aliphatic carboxylic acids is 1. The zero-order valence-corrected chi connectivity index (χ0v) is 26.3. The molecule has 4 heterocycles. The number of halogens is 9. The largest absolute Gasteiger partial charge is 0.490 e. The van der Waals surface area contributed by atoms with Gasteiger partial charge < -0.3 is 25.5 Å². The molecule has 0 unspecified atom stereocenters. The van der Waals surface area contributed by atoms with Crippen LogP contribution in [0.15, 0.2) is 73.2 Å². The number of alkyl halides is 9. The minimum Gasteiger partial charge on any atom is -0.483 e. The van der Waals surface area contributed by atoms with E-state index in [4.69, 9.17) is 34.8 Å². The fourth-order valence-corrected chi connectivity index (χ4v) is 4.10. The fourth-order valence-electron chi connectivity index (χ4n) is 4.10. The van der Waals surface area contributed by atoms with Gasteiger partial charge >= 0.3 is 24.5 Å². The number of carboxylic acid groups (broad SMARTS) is 3. The molecule has 0 atom stereocenters. The van der Waals surface area contributed by atoms with Crippen LogP contribution in [0.5, 0.6) is 0 Å². The van der Waals surface area contributed by atoms with Gasteiger partial charge in [-0.2, -0.15) is 39.5 Å². The Labute approximate surface area is 287 Å². The Morgan fingerprint density at radius 1 is 0.846 bits per heavy atom. The molecule has 1 amide bonds. The second kappa shape index (κ2) is 20.7. The molecule has 0 spiro atoms. The minimum atomic E-state index is -6.06. The lowest BCUT2D eigenvalue weighted by Gasteiger charge is -2.32. The number of hydrogen-bond donors (Lipinski definition) is 4. The molecule has 52 heavy (non-hydrogen) atoms. The number of fused-ring (bicyclic) bond motifs is 1. The van der Waals surface area contributed by atoms with Crippen molar-refractivity contribution >= 4 is 42.1 Å². The number of rotatable bonds is 5. The second-order valence-electron chi connectivity index (χ2n) is 9.95. The number of imidazole rings is 1. The zero-order chi connectivity index (χ0) is 39.5. The quantitative estimate of drug-likeness (QED) is 0.139. The van der Waals surface area contributed by atoms with Crippen LogP contribution in [0, 0.1) is 5.92 Å². The monoisotopic (exact) mass is 756 g/mol. The van der Waals surface area contributed by atoms with Gasteiger partial charge in [0.1, 0.15) is 5.82 Å². The van der Waals surface area contributed by atoms with E-state index in [1.807, 2.05) is 12.1 Å². The number of nitrogens with one attached hydrogen (secondary N) is 1. The third-order valence-corrected chi connectivity index (χ3v) is 6.34. The number of benzene rings is 1. The molecular weight excluding hydrogens is 727 g/mol. The lowest BCUT2D eigenvalue weighted by atomic mass is 9.90. The van der Waals surface area contributed by atoms with Crippen LogP contribution in [0.3, 0.4) is 0 Å². The first-order chi connectivity index (χ1) is 24.3. The second-order valence-corrected chi connectivity index (χ2v) is 9.95. The Hall–Kier alpha value is -5.96. The summed E-state index contributed by atoms with van der Waals surface area (Å²) in [6, 6.07) is 18.1. The molecule has 5 rings (SSSR count). The Kier molecular flexibility index (Phi) is 17.5. The molecule has 0 saturated carbocycles. The van der Waals surface area contributed by atoms with E-state index in [0.717, 1.165) is 38.2 Å². The fraction of sp³-hybridized carbons (Fsp3) is 0.300. The number of carbonyl (C=O) groups excluding carboxylic acids is 1. The summed E-state index contributed by atoms with van der Waals surface area (Å²) in [4.78, 5) is 48.7. The van der Waals surface area contributed by atoms with Gasteiger partial charge in [0.05, 0.1) is 11.8 Å². The molecular formula is C30H29F9N6O7. The Morgan fingerprint density at radius 3 is 1.85 bits per heavy atom. The third kappa shape index (κ3) is 15.7. The summed E-state index contributed by atoms with van der Waals surface area (Å²) < 4.78 is 96.1. The summed E-state index contributed by atoms with van der Waals surface area (Å²) in [5, 5.41) is 28.4. The number of nitrogens with zero attached hydrogens (tertiary/aromatic N) is 5. The van der Waals surface area contributed by atoms with Crippen molar-refractivity contribution in [3.63, 3.8) is 0 Å². The highest BCUT2D eigenvalue weighted by Gasteiger charge is 2.58. The minimum absolute atomic E-state index is 0.239. The Bertz CT molecular complexity index is 1660. The average Bonchev–Trinajstić information content (AvgIpc) is 3.47. The van der Waals surface area contributed by atoms with Crippen molar-refractivity contribution in [2.45, 2.75) is 37.8 Å². The van der Waals surface area contributed by atoms with E-state index >= 15 is 0 Å². The van der Waals surface area contributed by atoms with Crippen molar-refractivity contribution < 1.29 is 74.0 Å². The van der Waals surface area contributed by atoms with Crippen LogP contribution in [0.25, 0.3) is 5.65 Å². The predicted molar refractivity (Wildman–Crippen MR) is 163 cm³/mol. The van der Waals surface area contributed by atoms with Crippen LogP contribution in [-0.4, -0.2) is 91.3 Å². The van der Waals surface area contributed by atoms with Crippen LogP contribution >= 0.6 is 0 Å². The standard InChI is InChI=1S/C24H24N6O.C2F6.C2HF3O2.2CH2O2/c31-24(20-7-4-12-25-16-20)27-21-17-30-22(26-21)8-9-23(28-30)29-13-10-19(11-14-29)15-18-5-2-1-3-6-18;3-1(4,5)2(6,7)8;3-2(4,5)1(6)7;2*2-1-3/h1-9,12,16-17,19H,10-11,13-15H2,(H,27,31);;(H,6,7);2*1H,(H,2,3). The van der Waals surface area contributed by atoms with Crippen LogP contribution in [0.4, 0.5) is 51.1 Å². The maximum Gasteiger partial charge on any atom is 0.490 e. The normalized spacial score (nSPS) is 12.9. The van der Waals surface area contributed by atoms with Crippen molar-refractivity contribution in [1.29, 1.82) is 0 Å². The molecule has 4 aromatic rings. The predicted octanol–water partition coefficient (Wildman–Crippen LogP) is 5.98. The molecule has 1 fully saturated rings. The van der Waals surface area contributed by atoms with Gasteiger partial charge in [-0.25, -0.2) is 14.3 Å². The average molecular weight is 757 g/mol. The van der Waals surface area contributed by atoms with E-state index in [1.165, 1.54) is 11.8 Å². The van der Waals surface area contributed by atoms with Crippen LogP contribution in [0.1, 0.15) is 28.8 Å². The van der Waals surface area contributed by atoms with E-state index in [1.54, 1.807) is 29.0 Å². The number of amides is 1. The number of pyridine rings is 1. The summed E-state index contributed by atoms with van der Waals surface area (Å²) in [5.41, 5.74) is 2.61. The van der Waals surface area contributed by atoms with Crippen molar-refractivity contribution in [3.8, 4) is 0 Å². The van der Waals surface area contributed by atoms with Gasteiger partial charge in [0.2, 0.25) is 0 Å². The number of aromatic nitrogens is 4. The molecule has 0 bridgehead atoms. The number of piperidine rings is 1. The summed E-state index contributed by atoms with van der Waals surface area (Å²) in [5.74, 6) is -0.872. The van der Waals surface area contributed by atoms with E-state index in [0.29, 0.717) is 22.9 Å². The molecule has 1 saturated heterocycles. The molecule has 4 N–H and O–H groups in total. The van der Waals surface area contributed by atoms with E-state index in [2.05, 4.69) is 50.5 Å². The molecule has 0 radical (unpaired) electrons. The van der Waals surface area contributed by atoms with Crippen LogP contribution < -0.4 is 10.2 Å². The van der Waals surface area contributed by atoms with Gasteiger partial charge in [-0.3, -0.25) is 19.4 Å². The number of anilines is 2. The van der Waals surface area contributed by atoms with E-state index in [9.17, 15) is 44.3 Å². The number of carboxylic acids is 1. The zero-order valence-electron chi connectivity index (χ0n) is 26.3. The molecule has 1 aliphatic heterocycles. The number of hydrogen-bond acceptors (Lipinski definition) is 8. The molecule has 13 nitrogen and oxygen atoms in total. The SMILES string of the molecule is FC(F)(F)C(F)(F)F.O=C(Nc1cn2nc(N3CCC(Cc4ccccc4)CC3)ccc2n1)c1cccnc1.O=C(O)C(F)(F)F.O=CO.O=CO. The van der Waals surface area contributed by atoms with Gasteiger partial charge in [-0.05, 0) is 55.0 Å². The van der Waals surface area contributed by atoms with Gasteiger partial charge in [0.25, 0.3) is 18.9 Å². The summed E-state index contributed by atoms with van der Waals surface area (Å²) in [6.45, 7) is 1.49. The first-order valence-electron chi connectivity index (χ1n) is 14.2. The lowest BCUT2D eigenvalue weighted by Crippen LogP contribution is -2.35. The Balaban J connectivity index is 0.000000531. The molecule has 284 valence electrons. The molecule has 0 aliphatic carbocycles. The summed E-state index contributed by atoms with van der Waals surface area (Å²) in [6.07, 6.45) is -8.84.